The third-order valence-corrected chi connectivity index (χ3v) is 4.19. The lowest BCUT2D eigenvalue weighted by Crippen LogP contribution is -2.08. The molecule has 1 amide bonds. The monoisotopic (exact) mass is 393 g/mol. The van der Waals surface area contributed by atoms with E-state index in [4.69, 9.17) is 21.1 Å². The quantitative estimate of drug-likeness (QED) is 0.533. The summed E-state index contributed by atoms with van der Waals surface area (Å²) < 4.78 is 11.0. The van der Waals surface area contributed by atoms with Crippen LogP contribution in [0.1, 0.15) is 11.1 Å². The molecular weight excluding hydrogens is 374 g/mol. The van der Waals surface area contributed by atoms with E-state index >= 15 is 0 Å². The Kier molecular flexibility index (Phi) is 6.71. The highest BCUT2D eigenvalue weighted by atomic mass is 35.5. The van der Waals surface area contributed by atoms with Gasteiger partial charge in [-0.25, -0.2) is 0 Å². The summed E-state index contributed by atoms with van der Waals surface area (Å²) in [6.45, 7) is 0.489. The first-order chi connectivity index (χ1) is 13.6. The van der Waals surface area contributed by atoms with Crippen LogP contribution < -0.4 is 14.8 Å². The molecule has 0 aliphatic rings. The number of nitrogens with one attached hydrogen (secondary N) is 1. The van der Waals surface area contributed by atoms with Gasteiger partial charge in [-0.05, 0) is 47.5 Å². The van der Waals surface area contributed by atoms with Gasteiger partial charge in [-0.15, -0.1) is 0 Å². The summed E-state index contributed by atoms with van der Waals surface area (Å²) in [7, 11) is 1.54. The highest BCUT2D eigenvalue weighted by molar-refractivity contribution is 6.31. The Balaban J connectivity index is 1.62. The van der Waals surface area contributed by atoms with Crippen LogP contribution in [0, 0.1) is 0 Å². The second-order valence-corrected chi connectivity index (χ2v) is 6.45. The van der Waals surface area contributed by atoms with Crippen molar-refractivity contribution in [3.8, 4) is 11.5 Å². The van der Waals surface area contributed by atoms with Crippen molar-refractivity contribution in [2.45, 2.75) is 6.61 Å². The molecular formula is C23H20ClNO3. The Morgan fingerprint density at radius 1 is 1.04 bits per heavy atom. The summed E-state index contributed by atoms with van der Waals surface area (Å²) in [4.78, 5) is 12.2. The first-order valence-corrected chi connectivity index (χ1v) is 9.11. The molecule has 0 aromatic heterocycles. The molecule has 4 nitrogen and oxygen atoms in total. The number of hydrogen-bond acceptors (Lipinski definition) is 3. The van der Waals surface area contributed by atoms with Gasteiger partial charge in [-0.1, -0.05) is 54.1 Å². The second kappa shape index (κ2) is 9.62. The predicted octanol–water partition coefficient (Wildman–Crippen LogP) is 5.58. The molecule has 0 aliphatic heterocycles. The molecule has 3 aromatic rings. The molecule has 3 aromatic carbocycles. The zero-order valence-electron chi connectivity index (χ0n) is 15.4. The Labute approximate surface area is 169 Å². The molecule has 1 N–H and O–H groups in total. The van der Waals surface area contributed by atoms with Crippen LogP contribution in [0.2, 0.25) is 5.02 Å². The van der Waals surface area contributed by atoms with Gasteiger partial charge in [0.15, 0.2) is 0 Å². The smallest absolute Gasteiger partial charge is 0.248 e. The number of rotatable bonds is 7. The average molecular weight is 394 g/mol. The van der Waals surface area contributed by atoms with Crippen molar-refractivity contribution in [1.82, 2.24) is 0 Å². The van der Waals surface area contributed by atoms with E-state index < -0.39 is 0 Å². The Morgan fingerprint density at radius 2 is 1.86 bits per heavy atom. The Morgan fingerprint density at radius 3 is 2.64 bits per heavy atom. The van der Waals surface area contributed by atoms with Crippen molar-refractivity contribution in [3.05, 3.63) is 95.0 Å². The van der Waals surface area contributed by atoms with E-state index in [9.17, 15) is 4.79 Å². The minimum absolute atomic E-state index is 0.281. The van der Waals surface area contributed by atoms with Gasteiger partial charge >= 0.3 is 0 Å². The third-order valence-electron chi connectivity index (χ3n) is 3.95. The number of benzene rings is 3. The first-order valence-electron chi connectivity index (χ1n) is 8.73. The van der Waals surface area contributed by atoms with Crippen LogP contribution in [-0.4, -0.2) is 13.0 Å². The largest absolute Gasteiger partial charge is 0.495 e. The van der Waals surface area contributed by atoms with Gasteiger partial charge in [0.25, 0.3) is 0 Å². The van der Waals surface area contributed by atoms with Gasteiger partial charge in [-0.3, -0.25) is 4.79 Å². The third kappa shape index (κ3) is 5.63. The zero-order chi connectivity index (χ0) is 19.8. The summed E-state index contributed by atoms with van der Waals surface area (Å²) in [5.74, 6) is 1.00. The molecule has 3 rings (SSSR count). The van der Waals surface area contributed by atoms with Gasteiger partial charge in [0.1, 0.15) is 18.1 Å². The number of hydrogen-bond donors (Lipinski definition) is 1. The second-order valence-electron chi connectivity index (χ2n) is 6.01. The van der Waals surface area contributed by atoms with Crippen molar-refractivity contribution in [1.29, 1.82) is 0 Å². The number of amides is 1. The van der Waals surface area contributed by atoms with Gasteiger partial charge in [0.05, 0.1) is 12.8 Å². The van der Waals surface area contributed by atoms with E-state index in [1.165, 1.54) is 13.2 Å². The molecule has 0 heterocycles. The number of ether oxygens (including phenoxy) is 2. The predicted molar refractivity (Wildman–Crippen MR) is 113 cm³/mol. The van der Waals surface area contributed by atoms with Crippen LogP contribution in [0.3, 0.4) is 0 Å². The topological polar surface area (TPSA) is 47.6 Å². The van der Waals surface area contributed by atoms with E-state index in [-0.39, 0.29) is 5.91 Å². The van der Waals surface area contributed by atoms with Crippen molar-refractivity contribution >= 4 is 29.3 Å². The molecule has 0 spiro atoms. The van der Waals surface area contributed by atoms with Crippen LogP contribution >= 0.6 is 11.6 Å². The summed E-state index contributed by atoms with van der Waals surface area (Å²) in [5, 5.41) is 3.28. The fraction of sp³-hybridized carbons (Fsp3) is 0.0870. The molecule has 28 heavy (non-hydrogen) atoms. The van der Waals surface area contributed by atoms with Crippen molar-refractivity contribution in [3.63, 3.8) is 0 Å². The van der Waals surface area contributed by atoms with Gasteiger partial charge in [0, 0.05) is 11.1 Å². The van der Waals surface area contributed by atoms with E-state index in [0.717, 1.165) is 16.9 Å². The summed E-state index contributed by atoms with van der Waals surface area (Å²) in [5.41, 5.74) is 2.47. The zero-order valence-corrected chi connectivity index (χ0v) is 16.1. The highest BCUT2D eigenvalue weighted by Crippen LogP contribution is 2.27. The van der Waals surface area contributed by atoms with Crippen molar-refractivity contribution < 1.29 is 14.3 Å². The SMILES string of the molecule is COc1ccc(Cl)cc1NC(=O)/C=C/c1cccc(OCc2ccccc2)c1. The van der Waals surface area contributed by atoms with Gasteiger partial charge in [0.2, 0.25) is 5.91 Å². The maximum absolute atomic E-state index is 12.2. The molecule has 0 unspecified atom stereocenters. The minimum atomic E-state index is -0.281. The van der Waals surface area contributed by atoms with Crippen LogP contribution in [0.5, 0.6) is 11.5 Å². The normalized spacial score (nSPS) is 10.6. The fourth-order valence-corrected chi connectivity index (χ4v) is 2.75. The molecule has 0 atom stereocenters. The summed E-state index contributed by atoms with van der Waals surface area (Å²) >= 11 is 5.98. The Bertz CT molecular complexity index is 971. The number of anilines is 1. The minimum Gasteiger partial charge on any atom is -0.495 e. The highest BCUT2D eigenvalue weighted by Gasteiger charge is 2.06. The van der Waals surface area contributed by atoms with Gasteiger partial charge in [-0.2, -0.15) is 0 Å². The van der Waals surface area contributed by atoms with Crippen molar-refractivity contribution in [2.24, 2.45) is 0 Å². The fourth-order valence-electron chi connectivity index (χ4n) is 2.57. The number of methoxy groups -OCH3 is 1. The first kappa shape index (κ1) is 19.5. The van der Waals surface area contributed by atoms with Crippen LogP contribution in [0.4, 0.5) is 5.69 Å². The molecule has 0 saturated carbocycles. The van der Waals surface area contributed by atoms with E-state index in [1.807, 2.05) is 54.6 Å². The molecule has 0 saturated heterocycles. The van der Waals surface area contributed by atoms with E-state index in [0.29, 0.717) is 23.1 Å². The molecule has 142 valence electrons. The Hall–Kier alpha value is -3.24. The van der Waals surface area contributed by atoms with Crippen LogP contribution in [0.25, 0.3) is 6.08 Å². The number of carbonyl (C=O) groups excluding carboxylic acids is 1. The summed E-state index contributed by atoms with van der Waals surface area (Å²) in [6.07, 6.45) is 3.18. The summed E-state index contributed by atoms with van der Waals surface area (Å²) in [6, 6.07) is 22.6. The molecule has 5 heteroatoms. The average Bonchev–Trinajstić information content (AvgIpc) is 2.72. The lowest BCUT2D eigenvalue weighted by atomic mass is 10.2. The van der Waals surface area contributed by atoms with E-state index in [2.05, 4.69) is 5.32 Å². The standard InChI is InChI=1S/C23H20ClNO3/c1-27-22-12-11-19(24)15-21(22)25-23(26)13-10-17-8-5-9-20(14-17)28-16-18-6-3-2-4-7-18/h2-15H,16H2,1H3,(H,25,26)/b13-10+. The molecule has 0 radical (unpaired) electrons. The molecule has 0 aliphatic carbocycles. The molecule has 0 fully saturated rings. The lowest BCUT2D eigenvalue weighted by molar-refractivity contribution is -0.111. The van der Waals surface area contributed by atoms with Gasteiger partial charge < -0.3 is 14.8 Å². The number of halogens is 1. The van der Waals surface area contributed by atoms with Crippen LogP contribution in [-0.2, 0) is 11.4 Å². The van der Waals surface area contributed by atoms with Crippen molar-refractivity contribution in [2.75, 3.05) is 12.4 Å². The molecule has 0 bridgehead atoms. The maximum atomic E-state index is 12.2. The lowest BCUT2D eigenvalue weighted by Gasteiger charge is -2.09. The van der Waals surface area contributed by atoms with E-state index in [1.54, 1.807) is 24.3 Å². The maximum Gasteiger partial charge on any atom is 0.248 e. The van der Waals surface area contributed by atoms with Crippen LogP contribution in [0.15, 0.2) is 78.9 Å². The number of carbonyl (C=O) groups is 1.